The maximum Gasteiger partial charge on any atom is 0.257 e. The quantitative estimate of drug-likeness (QED) is 0.817. The number of morpholine rings is 1. The van der Waals surface area contributed by atoms with E-state index in [0.29, 0.717) is 41.1 Å². The fourth-order valence-electron chi connectivity index (χ4n) is 2.78. The normalized spacial score (nSPS) is 17.6. The van der Waals surface area contributed by atoms with Crippen molar-refractivity contribution < 1.29 is 14.3 Å². The molecule has 1 aliphatic rings. The summed E-state index contributed by atoms with van der Waals surface area (Å²) in [5.74, 6) is 0.487. The standard InChI is InChI=1S/C18H17Cl2NO3/c1-23-16-5-3-2-4-14(16)18(22)21-8-9-24-17(11-21)13-7-6-12(19)10-15(13)20/h2-7,10,17H,8-9,11H2,1H3. The maximum atomic E-state index is 12.8. The van der Waals surface area contributed by atoms with Gasteiger partial charge >= 0.3 is 0 Å². The predicted octanol–water partition coefficient (Wildman–Crippen LogP) is 4.22. The second-order valence-electron chi connectivity index (χ2n) is 5.48. The zero-order valence-corrected chi connectivity index (χ0v) is 14.7. The number of carbonyl (C=O) groups is 1. The summed E-state index contributed by atoms with van der Waals surface area (Å²) in [5.41, 5.74) is 1.38. The molecule has 1 saturated heterocycles. The Morgan fingerprint density at radius 2 is 2.04 bits per heavy atom. The zero-order chi connectivity index (χ0) is 17.1. The second-order valence-corrected chi connectivity index (χ2v) is 6.32. The van der Waals surface area contributed by atoms with Crippen molar-refractivity contribution in [3.8, 4) is 5.75 Å². The monoisotopic (exact) mass is 365 g/mol. The summed E-state index contributed by atoms with van der Waals surface area (Å²) in [7, 11) is 1.56. The first-order chi connectivity index (χ1) is 11.6. The van der Waals surface area contributed by atoms with Crippen LogP contribution < -0.4 is 4.74 Å². The molecule has 0 saturated carbocycles. The van der Waals surface area contributed by atoms with Crippen LogP contribution in [0.1, 0.15) is 22.0 Å². The van der Waals surface area contributed by atoms with E-state index in [2.05, 4.69) is 0 Å². The van der Waals surface area contributed by atoms with Gasteiger partial charge in [0.1, 0.15) is 11.9 Å². The molecule has 3 rings (SSSR count). The van der Waals surface area contributed by atoms with Gasteiger partial charge in [-0.3, -0.25) is 4.79 Å². The van der Waals surface area contributed by atoms with Crippen molar-refractivity contribution in [1.29, 1.82) is 0 Å². The molecule has 0 bridgehead atoms. The number of hydrogen-bond acceptors (Lipinski definition) is 3. The van der Waals surface area contributed by atoms with E-state index in [-0.39, 0.29) is 12.0 Å². The van der Waals surface area contributed by atoms with Gasteiger partial charge in [0.05, 0.1) is 25.8 Å². The van der Waals surface area contributed by atoms with E-state index in [1.807, 2.05) is 18.2 Å². The number of methoxy groups -OCH3 is 1. The van der Waals surface area contributed by atoms with Gasteiger partial charge in [0.2, 0.25) is 0 Å². The number of amides is 1. The molecule has 0 radical (unpaired) electrons. The third kappa shape index (κ3) is 3.51. The number of ether oxygens (including phenoxy) is 2. The smallest absolute Gasteiger partial charge is 0.257 e. The zero-order valence-electron chi connectivity index (χ0n) is 13.2. The van der Waals surface area contributed by atoms with Crippen LogP contribution in [0.25, 0.3) is 0 Å². The minimum atomic E-state index is -0.276. The van der Waals surface area contributed by atoms with Crippen LogP contribution >= 0.6 is 23.2 Å². The van der Waals surface area contributed by atoms with Gasteiger partial charge in [0, 0.05) is 22.2 Å². The summed E-state index contributed by atoms with van der Waals surface area (Å²) in [6, 6.07) is 12.5. The van der Waals surface area contributed by atoms with Crippen molar-refractivity contribution >= 4 is 29.1 Å². The third-order valence-corrected chi connectivity index (χ3v) is 4.56. The molecule has 0 aliphatic carbocycles. The van der Waals surface area contributed by atoms with Gasteiger partial charge in [0.25, 0.3) is 5.91 Å². The Kier molecular flexibility index (Phi) is 5.29. The molecule has 1 unspecified atom stereocenters. The highest BCUT2D eigenvalue weighted by molar-refractivity contribution is 6.35. The van der Waals surface area contributed by atoms with Crippen molar-refractivity contribution in [1.82, 2.24) is 4.90 Å². The summed E-state index contributed by atoms with van der Waals surface area (Å²) >= 11 is 12.2. The number of para-hydroxylation sites is 1. The van der Waals surface area contributed by atoms with Crippen molar-refractivity contribution in [2.24, 2.45) is 0 Å². The average molecular weight is 366 g/mol. The summed E-state index contributed by atoms with van der Waals surface area (Å²) < 4.78 is 11.1. The first-order valence-electron chi connectivity index (χ1n) is 7.59. The predicted molar refractivity (Wildman–Crippen MR) is 94.1 cm³/mol. The summed E-state index contributed by atoms with van der Waals surface area (Å²) in [6.07, 6.45) is -0.276. The topological polar surface area (TPSA) is 38.8 Å². The first kappa shape index (κ1) is 17.1. The molecule has 1 fully saturated rings. The highest BCUT2D eigenvalue weighted by Crippen LogP contribution is 2.31. The van der Waals surface area contributed by atoms with Crippen LogP contribution in [-0.4, -0.2) is 37.6 Å². The molecule has 4 nitrogen and oxygen atoms in total. The van der Waals surface area contributed by atoms with Crippen molar-refractivity contribution in [3.63, 3.8) is 0 Å². The van der Waals surface area contributed by atoms with Gasteiger partial charge < -0.3 is 14.4 Å². The Morgan fingerprint density at radius 1 is 1.25 bits per heavy atom. The Bertz CT molecular complexity index is 751. The van der Waals surface area contributed by atoms with Gasteiger partial charge in [0.15, 0.2) is 0 Å². The van der Waals surface area contributed by atoms with Gasteiger partial charge in [-0.2, -0.15) is 0 Å². The largest absolute Gasteiger partial charge is 0.496 e. The fourth-order valence-corrected chi connectivity index (χ4v) is 3.31. The van der Waals surface area contributed by atoms with E-state index in [0.717, 1.165) is 5.56 Å². The van der Waals surface area contributed by atoms with Crippen molar-refractivity contribution in [2.45, 2.75) is 6.10 Å². The molecule has 0 aromatic heterocycles. The van der Waals surface area contributed by atoms with Crippen LogP contribution in [0.3, 0.4) is 0 Å². The lowest BCUT2D eigenvalue weighted by Crippen LogP contribution is -2.42. The Balaban J connectivity index is 1.81. The molecule has 6 heteroatoms. The minimum absolute atomic E-state index is 0.0779. The lowest BCUT2D eigenvalue weighted by molar-refractivity contribution is -0.0228. The molecule has 2 aromatic rings. The van der Waals surface area contributed by atoms with Crippen LogP contribution in [-0.2, 0) is 4.74 Å². The van der Waals surface area contributed by atoms with E-state index in [9.17, 15) is 4.79 Å². The van der Waals surface area contributed by atoms with E-state index >= 15 is 0 Å². The molecule has 1 amide bonds. The number of halogens is 2. The molecule has 0 N–H and O–H groups in total. The van der Waals surface area contributed by atoms with Crippen LogP contribution in [0, 0.1) is 0 Å². The SMILES string of the molecule is COc1ccccc1C(=O)N1CCOC(c2ccc(Cl)cc2Cl)C1. The van der Waals surface area contributed by atoms with E-state index in [1.165, 1.54) is 0 Å². The van der Waals surface area contributed by atoms with E-state index in [1.54, 1.807) is 36.3 Å². The number of rotatable bonds is 3. The summed E-state index contributed by atoms with van der Waals surface area (Å²) in [5, 5.41) is 1.11. The highest BCUT2D eigenvalue weighted by atomic mass is 35.5. The number of hydrogen-bond donors (Lipinski definition) is 0. The molecule has 1 atom stereocenters. The van der Waals surface area contributed by atoms with Crippen molar-refractivity contribution in [2.75, 3.05) is 26.8 Å². The summed E-state index contributed by atoms with van der Waals surface area (Å²) in [6.45, 7) is 1.40. The highest BCUT2D eigenvalue weighted by Gasteiger charge is 2.28. The van der Waals surface area contributed by atoms with Gasteiger partial charge in [-0.1, -0.05) is 41.4 Å². The number of nitrogens with zero attached hydrogens (tertiary/aromatic N) is 1. The lowest BCUT2D eigenvalue weighted by atomic mass is 10.1. The summed E-state index contributed by atoms with van der Waals surface area (Å²) in [4.78, 5) is 14.6. The fraction of sp³-hybridized carbons (Fsp3) is 0.278. The molecular formula is C18H17Cl2NO3. The average Bonchev–Trinajstić information content (AvgIpc) is 2.61. The van der Waals surface area contributed by atoms with Crippen molar-refractivity contribution in [3.05, 3.63) is 63.6 Å². The first-order valence-corrected chi connectivity index (χ1v) is 8.34. The maximum absolute atomic E-state index is 12.8. The van der Waals surface area contributed by atoms with Gasteiger partial charge in [-0.25, -0.2) is 0 Å². The molecular weight excluding hydrogens is 349 g/mol. The number of benzene rings is 2. The molecule has 1 aliphatic heterocycles. The van der Waals surface area contributed by atoms with Gasteiger partial charge in [-0.05, 0) is 24.3 Å². The molecule has 24 heavy (non-hydrogen) atoms. The van der Waals surface area contributed by atoms with E-state index in [4.69, 9.17) is 32.7 Å². The Hall–Kier alpha value is -1.75. The molecule has 1 heterocycles. The minimum Gasteiger partial charge on any atom is -0.496 e. The Labute approximate surface area is 150 Å². The molecule has 2 aromatic carbocycles. The molecule has 126 valence electrons. The van der Waals surface area contributed by atoms with Crippen LogP contribution in [0.5, 0.6) is 5.75 Å². The Morgan fingerprint density at radius 3 is 2.79 bits per heavy atom. The van der Waals surface area contributed by atoms with Gasteiger partial charge in [-0.15, -0.1) is 0 Å². The lowest BCUT2D eigenvalue weighted by Gasteiger charge is -2.33. The second kappa shape index (κ2) is 7.43. The van der Waals surface area contributed by atoms with Crippen LogP contribution in [0.15, 0.2) is 42.5 Å². The van der Waals surface area contributed by atoms with Crippen LogP contribution in [0.4, 0.5) is 0 Å². The van der Waals surface area contributed by atoms with E-state index < -0.39 is 0 Å². The van der Waals surface area contributed by atoms with Crippen LogP contribution in [0.2, 0.25) is 10.0 Å². The third-order valence-electron chi connectivity index (χ3n) is 4.00. The molecule has 0 spiro atoms. The number of carbonyl (C=O) groups excluding carboxylic acids is 1.